The molecule has 8 heteroatoms. The number of rotatable bonds is 1. The molecule has 1 aromatic heterocycles. The summed E-state index contributed by atoms with van der Waals surface area (Å²) in [5.74, 6) is 0. The number of benzene rings is 2. The van der Waals surface area contributed by atoms with Gasteiger partial charge in [0.1, 0.15) is 5.69 Å². The zero-order valence-corrected chi connectivity index (χ0v) is 11.8. The molecule has 124 valence electrons. The normalized spacial score (nSPS) is 12.6. The van der Waals surface area contributed by atoms with Gasteiger partial charge < -0.3 is 0 Å². The Balaban J connectivity index is 2.31. The van der Waals surface area contributed by atoms with Gasteiger partial charge in [-0.3, -0.25) is 0 Å². The largest absolute Gasteiger partial charge is 0.417 e. The Kier molecular flexibility index (Phi) is 3.70. The van der Waals surface area contributed by atoms with Gasteiger partial charge in [-0.1, -0.05) is 30.3 Å². The molecule has 3 rings (SSSR count). The second kappa shape index (κ2) is 5.47. The highest BCUT2D eigenvalue weighted by molar-refractivity contribution is 5.94. The Morgan fingerprint density at radius 1 is 0.792 bits per heavy atom. The number of alkyl halides is 6. The molecule has 0 unspecified atom stereocenters. The van der Waals surface area contributed by atoms with E-state index in [-0.39, 0.29) is 11.8 Å². The summed E-state index contributed by atoms with van der Waals surface area (Å²) in [5, 5.41) is 8.27. The molecule has 2 nitrogen and oxygen atoms in total. The molecule has 0 bridgehead atoms. The molecule has 0 aliphatic carbocycles. The van der Waals surface area contributed by atoms with Gasteiger partial charge in [0.05, 0.1) is 17.3 Å². The minimum Gasteiger partial charge on any atom is -0.166 e. The highest BCUT2D eigenvalue weighted by Crippen LogP contribution is 2.41. The van der Waals surface area contributed by atoms with Crippen LogP contribution in [-0.4, -0.2) is 10.2 Å². The van der Waals surface area contributed by atoms with E-state index in [4.69, 9.17) is 0 Å². The van der Waals surface area contributed by atoms with Crippen LogP contribution in [-0.2, 0) is 12.4 Å². The van der Waals surface area contributed by atoms with Crippen LogP contribution in [0.5, 0.6) is 0 Å². The minimum absolute atomic E-state index is 0.0960. The number of halogens is 6. The molecule has 0 aliphatic rings. The molecular weight excluding hydrogens is 334 g/mol. The molecule has 1 heterocycles. The first-order valence-corrected chi connectivity index (χ1v) is 6.67. The fraction of sp³-hybridized carbons (Fsp3) is 0.125. The first kappa shape index (κ1) is 16.2. The molecule has 0 saturated heterocycles. The molecule has 0 atom stereocenters. The Hall–Kier alpha value is -2.64. The molecule has 2 aromatic carbocycles. The standard InChI is InChI=1S/C16H8F6N2/c17-15(18,19)10-5-6-12(13(7-10)16(20,21)22)14-11-4-2-1-3-9(11)8-23-24-14/h1-8H. The van der Waals surface area contributed by atoms with Crippen LogP contribution in [0.25, 0.3) is 22.0 Å². The second-order valence-corrected chi connectivity index (χ2v) is 5.04. The topological polar surface area (TPSA) is 25.8 Å². The molecule has 24 heavy (non-hydrogen) atoms. The molecule has 0 amide bonds. The van der Waals surface area contributed by atoms with Gasteiger partial charge in [-0.25, -0.2) is 0 Å². The SMILES string of the molecule is FC(F)(F)c1ccc(-c2nncc3ccccc23)c(C(F)(F)F)c1. The van der Waals surface area contributed by atoms with Crippen LogP contribution in [0.4, 0.5) is 26.3 Å². The number of aromatic nitrogens is 2. The molecule has 0 radical (unpaired) electrons. The van der Waals surface area contributed by atoms with Crippen LogP contribution >= 0.6 is 0 Å². The lowest BCUT2D eigenvalue weighted by Crippen LogP contribution is -2.12. The summed E-state index contributed by atoms with van der Waals surface area (Å²) in [4.78, 5) is 0. The molecule has 3 aromatic rings. The molecule has 0 fully saturated rings. The van der Waals surface area contributed by atoms with Gasteiger partial charge in [-0.15, -0.1) is 5.10 Å². The average Bonchev–Trinajstić information content (AvgIpc) is 2.52. The minimum atomic E-state index is -4.96. The summed E-state index contributed by atoms with van der Waals surface area (Å²) in [6.07, 6.45) is -8.46. The zero-order valence-electron chi connectivity index (χ0n) is 11.8. The summed E-state index contributed by atoms with van der Waals surface area (Å²) in [6.45, 7) is 0. The number of hydrogen-bond acceptors (Lipinski definition) is 2. The lowest BCUT2D eigenvalue weighted by molar-refractivity contribution is -0.142. The number of fused-ring (bicyclic) bond motifs is 1. The molecule has 0 saturated carbocycles. The van der Waals surface area contributed by atoms with E-state index in [1.165, 1.54) is 12.3 Å². The van der Waals surface area contributed by atoms with E-state index >= 15 is 0 Å². The monoisotopic (exact) mass is 342 g/mol. The van der Waals surface area contributed by atoms with E-state index in [1.54, 1.807) is 18.2 Å². The smallest absolute Gasteiger partial charge is 0.166 e. The van der Waals surface area contributed by atoms with Crippen molar-refractivity contribution in [2.45, 2.75) is 12.4 Å². The Morgan fingerprint density at radius 3 is 2.17 bits per heavy atom. The predicted molar refractivity (Wildman–Crippen MR) is 75.0 cm³/mol. The first-order valence-electron chi connectivity index (χ1n) is 6.67. The van der Waals surface area contributed by atoms with Crippen molar-refractivity contribution in [2.24, 2.45) is 0 Å². The molecular formula is C16H8F6N2. The van der Waals surface area contributed by atoms with Crippen molar-refractivity contribution in [1.29, 1.82) is 0 Å². The van der Waals surface area contributed by atoms with Gasteiger partial charge in [0.2, 0.25) is 0 Å². The fourth-order valence-corrected chi connectivity index (χ4v) is 2.39. The van der Waals surface area contributed by atoms with Gasteiger partial charge >= 0.3 is 12.4 Å². The maximum absolute atomic E-state index is 13.3. The third kappa shape index (κ3) is 2.91. The van der Waals surface area contributed by atoms with Crippen molar-refractivity contribution in [3.05, 3.63) is 59.8 Å². The average molecular weight is 342 g/mol. The van der Waals surface area contributed by atoms with Crippen molar-refractivity contribution in [1.82, 2.24) is 10.2 Å². The van der Waals surface area contributed by atoms with Gasteiger partial charge in [-0.2, -0.15) is 31.4 Å². The van der Waals surface area contributed by atoms with Gasteiger partial charge in [-0.05, 0) is 12.1 Å². The van der Waals surface area contributed by atoms with Crippen LogP contribution in [0.1, 0.15) is 11.1 Å². The van der Waals surface area contributed by atoms with Crippen LogP contribution in [0, 0.1) is 0 Å². The Labute approximate surface area is 131 Å². The summed E-state index contributed by atoms with van der Waals surface area (Å²) >= 11 is 0. The summed E-state index contributed by atoms with van der Waals surface area (Å²) in [6, 6.07) is 7.92. The second-order valence-electron chi connectivity index (χ2n) is 5.04. The number of hydrogen-bond donors (Lipinski definition) is 0. The van der Waals surface area contributed by atoms with E-state index in [9.17, 15) is 26.3 Å². The highest BCUT2D eigenvalue weighted by Gasteiger charge is 2.38. The van der Waals surface area contributed by atoms with E-state index in [2.05, 4.69) is 10.2 Å². The lowest BCUT2D eigenvalue weighted by atomic mass is 9.97. The first-order chi connectivity index (χ1) is 11.2. The maximum atomic E-state index is 13.3. The van der Waals surface area contributed by atoms with Crippen molar-refractivity contribution >= 4 is 10.8 Å². The van der Waals surface area contributed by atoms with E-state index in [0.29, 0.717) is 16.8 Å². The summed E-state index contributed by atoms with van der Waals surface area (Å²) in [7, 11) is 0. The number of nitrogens with zero attached hydrogens (tertiary/aromatic N) is 2. The van der Waals surface area contributed by atoms with Crippen LogP contribution in [0.15, 0.2) is 48.7 Å². The van der Waals surface area contributed by atoms with Crippen molar-refractivity contribution in [2.75, 3.05) is 0 Å². The van der Waals surface area contributed by atoms with Gasteiger partial charge in [0.15, 0.2) is 0 Å². The van der Waals surface area contributed by atoms with Crippen molar-refractivity contribution in [3.8, 4) is 11.3 Å². The molecule has 0 N–H and O–H groups in total. The summed E-state index contributed by atoms with van der Waals surface area (Å²) < 4.78 is 78.1. The van der Waals surface area contributed by atoms with Crippen LogP contribution < -0.4 is 0 Å². The third-order valence-electron chi connectivity index (χ3n) is 3.48. The molecule has 0 aliphatic heterocycles. The van der Waals surface area contributed by atoms with Gasteiger partial charge in [0, 0.05) is 16.3 Å². The Morgan fingerprint density at radius 2 is 1.50 bits per heavy atom. The van der Waals surface area contributed by atoms with E-state index in [0.717, 1.165) is 6.07 Å². The van der Waals surface area contributed by atoms with Crippen molar-refractivity contribution in [3.63, 3.8) is 0 Å². The predicted octanol–water partition coefficient (Wildman–Crippen LogP) is 5.33. The van der Waals surface area contributed by atoms with Crippen molar-refractivity contribution < 1.29 is 26.3 Å². The maximum Gasteiger partial charge on any atom is 0.417 e. The van der Waals surface area contributed by atoms with E-state index in [1.807, 2.05) is 0 Å². The van der Waals surface area contributed by atoms with Gasteiger partial charge in [0.25, 0.3) is 0 Å². The molecule has 0 spiro atoms. The van der Waals surface area contributed by atoms with E-state index < -0.39 is 29.0 Å². The highest BCUT2D eigenvalue weighted by atomic mass is 19.4. The quantitative estimate of drug-likeness (QED) is 0.558. The third-order valence-corrected chi connectivity index (χ3v) is 3.48. The fourth-order valence-electron chi connectivity index (χ4n) is 2.39. The Bertz CT molecular complexity index is 894. The summed E-state index contributed by atoms with van der Waals surface area (Å²) in [5.41, 5.74) is -3.33. The lowest BCUT2D eigenvalue weighted by Gasteiger charge is -2.16. The van der Waals surface area contributed by atoms with Crippen LogP contribution in [0.2, 0.25) is 0 Å². The zero-order chi connectivity index (χ0) is 17.5. The van der Waals surface area contributed by atoms with Crippen LogP contribution in [0.3, 0.4) is 0 Å².